The highest BCUT2D eigenvalue weighted by atomic mass is 16.2. The van der Waals surface area contributed by atoms with Gasteiger partial charge in [-0.3, -0.25) is 14.5 Å². The fourth-order valence-corrected chi connectivity index (χ4v) is 2.94. The molecule has 1 aromatic rings. The number of hydrogen-bond acceptors (Lipinski definition) is 2. The second-order valence-electron chi connectivity index (χ2n) is 5.05. The van der Waals surface area contributed by atoms with Crippen LogP contribution >= 0.6 is 0 Å². The van der Waals surface area contributed by atoms with Crippen LogP contribution in [-0.2, 0) is 16.1 Å². The Balaban J connectivity index is 1.80. The second-order valence-corrected chi connectivity index (χ2v) is 5.05. The summed E-state index contributed by atoms with van der Waals surface area (Å²) in [7, 11) is 0. The third kappa shape index (κ3) is 1.82. The molecule has 1 aromatic carbocycles. The zero-order valence-corrected chi connectivity index (χ0v) is 10.2. The van der Waals surface area contributed by atoms with Gasteiger partial charge in [0.05, 0.1) is 19.0 Å². The molecule has 2 aliphatic rings. The van der Waals surface area contributed by atoms with Gasteiger partial charge in [-0.15, -0.1) is 0 Å². The van der Waals surface area contributed by atoms with Crippen LogP contribution in [0.2, 0.25) is 0 Å². The van der Waals surface area contributed by atoms with Crippen LogP contribution in [0.5, 0.6) is 0 Å². The average molecular weight is 245 g/mol. The molecule has 4 nitrogen and oxygen atoms in total. The standard InChI is InChI=1S/C14H16N2O2/c17-13-11-7-4-8-15-12(11)14(18)16(13)9-10-5-2-1-3-6-10/h1-3,5-6,11-12,15H,4,7-9H2/p+1/t11-,12+/m1/s1. The summed E-state index contributed by atoms with van der Waals surface area (Å²) in [6, 6.07) is 9.54. The molecule has 0 bridgehead atoms. The summed E-state index contributed by atoms with van der Waals surface area (Å²) in [4.78, 5) is 25.9. The average Bonchev–Trinajstić information content (AvgIpc) is 2.66. The van der Waals surface area contributed by atoms with Crippen molar-refractivity contribution in [2.45, 2.75) is 25.4 Å². The van der Waals surface area contributed by atoms with Gasteiger partial charge < -0.3 is 5.32 Å². The Hall–Kier alpha value is -1.68. The highest BCUT2D eigenvalue weighted by Crippen LogP contribution is 2.25. The van der Waals surface area contributed by atoms with Gasteiger partial charge in [-0.25, -0.2) is 0 Å². The normalized spacial score (nSPS) is 27.4. The lowest BCUT2D eigenvalue weighted by atomic mass is 9.93. The number of nitrogens with zero attached hydrogens (tertiary/aromatic N) is 1. The minimum absolute atomic E-state index is 0.00597. The van der Waals surface area contributed by atoms with Gasteiger partial charge in [0.2, 0.25) is 5.91 Å². The molecule has 3 rings (SSSR count). The van der Waals surface area contributed by atoms with E-state index in [1.165, 1.54) is 4.90 Å². The number of piperidine rings is 1. The van der Waals surface area contributed by atoms with E-state index < -0.39 is 0 Å². The van der Waals surface area contributed by atoms with Crippen molar-refractivity contribution in [3.05, 3.63) is 35.9 Å². The Morgan fingerprint density at radius 3 is 2.67 bits per heavy atom. The molecule has 0 spiro atoms. The number of fused-ring (bicyclic) bond motifs is 1. The van der Waals surface area contributed by atoms with Crippen LogP contribution < -0.4 is 5.32 Å². The van der Waals surface area contributed by atoms with Crippen molar-refractivity contribution in [3.63, 3.8) is 0 Å². The topological polar surface area (TPSA) is 54.0 Å². The van der Waals surface area contributed by atoms with E-state index in [0.29, 0.717) is 6.54 Å². The van der Waals surface area contributed by atoms with Gasteiger partial charge in [0.25, 0.3) is 5.91 Å². The van der Waals surface area contributed by atoms with E-state index >= 15 is 0 Å². The molecule has 2 aliphatic heterocycles. The quantitative estimate of drug-likeness (QED) is 0.740. The van der Waals surface area contributed by atoms with Gasteiger partial charge in [0.1, 0.15) is 0 Å². The molecule has 2 N–H and O–H groups in total. The molecule has 0 aromatic heterocycles. The van der Waals surface area contributed by atoms with Crippen LogP contribution in [0.3, 0.4) is 0 Å². The monoisotopic (exact) mass is 245 g/mol. The van der Waals surface area contributed by atoms with E-state index in [4.69, 9.17) is 0 Å². The van der Waals surface area contributed by atoms with Gasteiger partial charge >= 0.3 is 0 Å². The molecule has 0 aliphatic carbocycles. The van der Waals surface area contributed by atoms with Crippen LogP contribution in [0.1, 0.15) is 18.4 Å². The van der Waals surface area contributed by atoms with Crippen LogP contribution in [0.15, 0.2) is 30.3 Å². The van der Waals surface area contributed by atoms with Gasteiger partial charge in [0, 0.05) is 0 Å². The lowest BCUT2D eigenvalue weighted by molar-refractivity contribution is -0.688. The van der Waals surface area contributed by atoms with E-state index in [2.05, 4.69) is 0 Å². The molecule has 2 fully saturated rings. The van der Waals surface area contributed by atoms with E-state index in [1.54, 1.807) is 0 Å². The van der Waals surface area contributed by atoms with Crippen LogP contribution in [-0.4, -0.2) is 29.3 Å². The maximum absolute atomic E-state index is 12.2. The lowest BCUT2D eigenvalue weighted by Gasteiger charge is -2.18. The third-order valence-corrected chi connectivity index (χ3v) is 3.89. The predicted molar refractivity (Wildman–Crippen MR) is 65.3 cm³/mol. The molecule has 4 heteroatoms. The Morgan fingerprint density at radius 2 is 1.94 bits per heavy atom. The summed E-state index contributed by atoms with van der Waals surface area (Å²) < 4.78 is 0. The first-order chi connectivity index (χ1) is 8.77. The number of quaternary nitrogens is 1. The summed E-state index contributed by atoms with van der Waals surface area (Å²) >= 11 is 0. The molecule has 0 radical (unpaired) electrons. The van der Waals surface area contributed by atoms with Crippen LogP contribution in [0.25, 0.3) is 0 Å². The summed E-state index contributed by atoms with van der Waals surface area (Å²) in [6.45, 7) is 1.37. The number of rotatable bonds is 2. The second kappa shape index (κ2) is 4.53. The first kappa shape index (κ1) is 11.4. The molecule has 18 heavy (non-hydrogen) atoms. The number of nitrogens with two attached hydrogens (primary N) is 1. The Labute approximate surface area is 106 Å². The van der Waals surface area contributed by atoms with Crippen molar-refractivity contribution < 1.29 is 14.9 Å². The molecule has 2 atom stereocenters. The number of carbonyl (C=O) groups is 2. The summed E-state index contributed by atoms with van der Waals surface area (Å²) in [6.07, 6.45) is 1.89. The number of hydrogen-bond donors (Lipinski definition) is 1. The first-order valence-corrected chi connectivity index (χ1v) is 6.50. The number of benzene rings is 1. The lowest BCUT2D eigenvalue weighted by Crippen LogP contribution is -2.94. The highest BCUT2D eigenvalue weighted by Gasteiger charge is 2.51. The van der Waals surface area contributed by atoms with E-state index in [9.17, 15) is 9.59 Å². The van der Waals surface area contributed by atoms with Crippen LogP contribution in [0, 0.1) is 5.92 Å². The minimum Gasteiger partial charge on any atom is -0.335 e. The smallest absolute Gasteiger partial charge is 0.288 e. The van der Waals surface area contributed by atoms with E-state index in [1.807, 2.05) is 35.6 Å². The fraction of sp³-hybridized carbons (Fsp3) is 0.429. The highest BCUT2D eigenvalue weighted by molar-refractivity contribution is 6.06. The zero-order valence-electron chi connectivity index (χ0n) is 10.2. The molecule has 94 valence electrons. The number of carbonyl (C=O) groups excluding carboxylic acids is 2. The van der Waals surface area contributed by atoms with Crippen molar-refractivity contribution in [2.75, 3.05) is 6.54 Å². The molecular formula is C14H17N2O2+. The van der Waals surface area contributed by atoms with Gasteiger partial charge in [-0.2, -0.15) is 0 Å². The first-order valence-electron chi connectivity index (χ1n) is 6.50. The van der Waals surface area contributed by atoms with Crippen molar-refractivity contribution in [1.82, 2.24) is 4.90 Å². The maximum atomic E-state index is 12.2. The number of imide groups is 1. The van der Waals surface area contributed by atoms with Crippen molar-refractivity contribution in [2.24, 2.45) is 5.92 Å². The summed E-state index contributed by atoms with van der Waals surface area (Å²) in [5.74, 6) is -0.0756. The Bertz CT molecular complexity index is 448. The Morgan fingerprint density at radius 1 is 1.17 bits per heavy atom. The molecule has 2 heterocycles. The fourth-order valence-electron chi connectivity index (χ4n) is 2.94. The van der Waals surface area contributed by atoms with Crippen LogP contribution in [0.4, 0.5) is 0 Å². The molecule has 2 saturated heterocycles. The largest absolute Gasteiger partial charge is 0.335 e. The number of amides is 2. The maximum Gasteiger partial charge on any atom is 0.288 e. The van der Waals surface area contributed by atoms with Gasteiger partial charge in [-0.1, -0.05) is 30.3 Å². The SMILES string of the molecule is O=C1[C@H]2[NH2+]CCC[C@H]2C(=O)N1Cc1ccccc1. The van der Waals surface area contributed by atoms with Crippen molar-refractivity contribution >= 4 is 11.8 Å². The Kier molecular flexibility index (Phi) is 2.88. The number of likely N-dealkylation sites (tertiary alicyclic amines) is 1. The molecule has 0 unspecified atom stereocenters. The third-order valence-electron chi connectivity index (χ3n) is 3.89. The van der Waals surface area contributed by atoms with Gasteiger partial charge in [0.15, 0.2) is 6.04 Å². The molecular weight excluding hydrogens is 228 g/mol. The molecule has 2 amide bonds. The van der Waals surface area contributed by atoms with Gasteiger partial charge in [-0.05, 0) is 18.4 Å². The van der Waals surface area contributed by atoms with E-state index in [-0.39, 0.29) is 23.8 Å². The van der Waals surface area contributed by atoms with E-state index in [0.717, 1.165) is 24.9 Å². The minimum atomic E-state index is -0.157. The zero-order chi connectivity index (χ0) is 12.5. The predicted octanol–water partition coefficient (Wildman–Crippen LogP) is -0.103. The molecule has 0 saturated carbocycles. The van der Waals surface area contributed by atoms with Crippen molar-refractivity contribution in [3.8, 4) is 0 Å². The summed E-state index contributed by atoms with van der Waals surface area (Å²) in [5.41, 5.74) is 1.01. The summed E-state index contributed by atoms with van der Waals surface area (Å²) in [5, 5.41) is 2.03. The van der Waals surface area contributed by atoms with Crippen molar-refractivity contribution in [1.29, 1.82) is 0 Å².